The van der Waals surface area contributed by atoms with Gasteiger partial charge < -0.3 is 11.1 Å². The highest BCUT2D eigenvalue weighted by Gasteiger charge is 2.74. The molecule has 7 nitrogen and oxygen atoms in total. The van der Waals surface area contributed by atoms with Gasteiger partial charge in [0.2, 0.25) is 17.7 Å². The van der Waals surface area contributed by atoms with Crippen LogP contribution in [0.5, 0.6) is 0 Å². The number of carbonyl (C=O) groups is 4. The van der Waals surface area contributed by atoms with E-state index in [-0.39, 0.29) is 5.91 Å². The summed E-state index contributed by atoms with van der Waals surface area (Å²) in [5.41, 5.74) is 4.97. The molecule has 0 spiro atoms. The first-order chi connectivity index (χ1) is 13.3. The van der Waals surface area contributed by atoms with E-state index in [4.69, 9.17) is 5.73 Å². The Morgan fingerprint density at radius 1 is 0.929 bits per heavy atom. The van der Waals surface area contributed by atoms with Crippen molar-refractivity contribution >= 4 is 23.8 Å². The van der Waals surface area contributed by atoms with Crippen LogP contribution in [-0.2, 0) is 25.3 Å². The van der Waals surface area contributed by atoms with E-state index in [1.807, 2.05) is 48.5 Å². The van der Waals surface area contributed by atoms with Crippen LogP contribution < -0.4 is 11.1 Å². The Balaban J connectivity index is 1.91. The minimum atomic E-state index is -1.27. The third-order valence-electron chi connectivity index (χ3n) is 6.54. The zero-order chi connectivity index (χ0) is 19.8. The fourth-order valence-corrected chi connectivity index (χ4v) is 5.35. The fourth-order valence-electron chi connectivity index (χ4n) is 5.35. The maximum Gasteiger partial charge on any atom is 0.328 e. The van der Waals surface area contributed by atoms with E-state index >= 15 is 0 Å². The molecule has 1 aliphatic carbocycles. The zero-order valence-corrected chi connectivity index (χ0v) is 15.0. The normalized spacial score (nSPS) is 32.8. The van der Waals surface area contributed by atoms with Gasteiger partial charge in [0.05, 0.1) is 17.3 Å². The molecule has 28 heavy (non-hydrogen) atoms. The molecule has 0 saturated carbocycles. The number of nitrogens with one attached hydrogen (secondary N) is 1. The number of urea groups is 1. The number of imide groups is 3. The molecule has 4 aliphatic rings. The smallest absolute Gasteiger partial charge is 0.328 e. The van der Waals surface area contributed by atoms with Crippen molar-refractivity contribution < 1.29 is 19.2 Å². The van der Waals surface area contributed by atoms with Gasteiger partial charge in [0, 0.05) is 0 Å². The van der Waals surface area contributed by atoms with Gasteiger partial charge >= 0.3 is 6.03 Å². The lowest BCUT2D eigenvalue weighted by atomic mass is 9.49. The third kappa shape index (κ3) is 1.61. The average Bonchev–Trinajstić information content (AvgIpc) is 2.97. The van der Waals surface area contributed by atoms with E-state index in [1.165, 1.54) is 0 Å². The lowest BCUT2D eigenvalue weighted by Crippen LogP contribution is -2.72. The van der Waals surface area contributed by atoms with E-state index in [1.54, 1.807) is 13.0 Å². The molecule has 0 radical (unpaired) electrons. The summed E-state index contributed by atoms with van der Waals surface area (Å²) in [5.74, 6) is -3.69. The van der Waals surface area contributed by atoms with Gasteiger partial charge in [-0.05, 0) is 23.6 Å². The van der Waals surface area contributed by atoms with Crippen LogP contribution in [0.4, 0.5) is 4.79 Å². The number of likely N-dealkylation sites (tertiary alicyclic amines) is 1. The zero-order valence-electron chi connectivity index (χ0n) is 15.0. The molecule has 3 aliphatic heterocycles. The fraction of sp³-hybridized carbons (Fsp3) is 0.238. The molecule has 7 heteroatoms. The molecule has 4 atom stereocenters. The van der Waals surface area contributed by atoms with E-state index in [9.17, 15) is 19.2 Å². The SMILES string of the molecule is C[C@]12C(=O)N[C@@](c3ccccc3)(c3ccccc31)[C@H]1C(=O)N(C(N)=O)C(=O)[C@@H]12. The number of amides is 5. The summed E-state index contributed by atoms with van der Waals surface area (Å²) in [5, 5.41) is 3.03. The predicted molar refractivity (Wildman–Crippen MR) is 97.6 cm³/mol. The van der Waals surface area contributed by atoms with Crippen LogP contribution in [0, 0.1) is 11.8 Å². The molecule has 2 aromatic rings. The molecule has 2 saturated heterocycles. The van der Waals surface area contributed by atoms with Crippen molar-refractivity contribution in [3.8, 4) is 0 Å². The Morgan fingerprint density at radius 3 is 2.14 bits per heavy atom. The van der Waals surface area contributed by atoms with Gasteiger partial charge in [-0.3, -0.25) is 14.4 Å². The number of hydrogen-bond acceptors (Lipinski definition) is 4. The summed E-state index contributed by atoms with van der Waals surface area (Å²) < 4.78 is 0. The van der Waals surface area contributed by atoms with Crippen molar-refractivity contribution in [1.29, 1.82) is 0 Å². The molecule has 140 valence electrons. The molecule has 2 fully saturated rings. The quantitative estimate of drug-likeness (QED) is 0.725. The first-order valence-electron chi connectivity index (χ1n) is 9.00. The van der Waals surface area contributed by atoms with Crippen LogP contribution in [-0.4, -0.2) is 28.7 Å². The van der Waals surface area contributed by atoms with E-state index in [0.717, 1.165) is 5.56 Å². The maximum atomic E-state index is 13.3. The van der Waals surface area contributed by atoms with Crippen molar-refractivity contribution in [2.24, 2.45) is 17.6 Å². The van der Waals surface area contributed by atoms with Crippen LogP contribution in [0.25, 0.3) is 0 Å². The third-order valence-corrected chi connectivity index (χ3v) is 6.54. The van der Waals surface area contributed by atoms with Gasteiger partial charge in [-0.15, -0.1) is 0 Å². The second-order valence-corrected chi connectivity index (χ2v) is 7.68. The van der Waals surface area contributed by atoms with Crippen LogP contribution in [0.15, 0.2) is 54.6 Å². The van der Waals surface area contributed by atoms with Crippen molar-refractivity contribution in [3.05, 3.63) is 71.3 Å². The minimum Gasteiger partial charge on any atom is -0.351 e. The second kappa shape index (κ2) is 5.07. The van der Waals surface area contributed by atoms with E-state index in [2.05, 4.69) is 5.32 Å². The van der Waals surface area contributed by atoms with E-state index < -0.39 is 40.6 Å². The summed E-state index contributed by atoms with van der Waals surface area (Å²) >= 11 is 0. The number of benzene rings is 2. The monoisotopic (exact) mass is 375 g/mol. The molecule has 3 heterocycles. The summed E-state index contributed by atoms with van der Waals surface area (Å²) in [6.07, 6.45) is 0. The Kier molecular flexibility index (Phi) is 3.02. The maximum absolute atomic E-state index is 13.3. The highest BCUT2D eigenvalue weighted by Crippen LogP contribution is 2.61. The first-order valence-corrected chi connectivity index (χ1v) is 9.00. The summed E-state index contributed by atoms with van der Waals surface area (Å²) in [6.45, 7) is 1.66. The first kappa shape index (κ1) is 16.7. The molecule has 5 amide bonds. The number of carbonyl (C=O) groups excluding carboxylic acids is 4. The largest absolute Gasteiger partial charge is 0.351 e. The van der Waals surface area contributed by atoms with Crippen LogP contribution >= 0.6 is 0 Å². The standard InChI is InChI=1S/C21H17N3O4/c1-20-12-9-5-6-10-13(12)21(23-18(20)27,11-7-3-2-4-8-11)15-14(20)16(25)24(17(15)26)19(22)28/h2-10,14-15H,1H3,(H2,22,28)(H,23,27)/t14-,15-,20+,21+/m1/s1. The summed E-state index contributed by atoms with van der Waals surface area (Å²) in [6, 6.07) is 15.3. The molecular formula is C21H17N3O4. The van der Waals surface area contributed by atoms with Crippen molar-refractivity contribution in [3.63, 3.8) is 0 Å². The summed E-state index contributed by atoms with van der Waals surface area (Å²) in [7, 11) is 0. The molecule has 3 N–H and O–H groups in total. The Labute approximate surface area is 160 Å². The van der Waals surface area contributed by atoms with Gasteiger partial charge in [-0.1, -0.05) is 54.6 Å². The Hall–Kier alpha value is -3.48. The molecule has 2 aromatic carbocycles. The Morgan fingerprint density at radius 2 is 1.50 bits per heavy atom. The second-order valence-electron chi connectivity index (χ2n) is 7.68. The van der Waals surface area contributed by atoms with Gasteiger partial charge in [0.25, 0.3) is 0 Å². The summed E-state index contributed by atoms with van der Waals surface area (Å²) in [4.78, 5) is 52.1. The number of nitrogens with zero attached hydrogens (tertiary/aromatic N) is 1. The Bertz CT molecular complexity index is 1080. The molecule has 0 aromatic heterocycles. The number of rotatable bonds is 1. The molecule has 6 rings (SSSR count). The molecular weight excluding hydrogens is 358 g/mol. The number of fused-ring (bicyclic) bond motifs is 1. The molecule has 0 unspecified atom stereocenters. The van der Waals surface area contributed by atoms with Crippen molar-refractivity contribution in [2.75, 3.05) is 0 Å². The predicted octanol–water partition coefficient (Wildman–Crippen LogP) is 1.01. The van der Waals surface area contributed by atoms with Crippen molar-refractivity contribution in [1.82, 2.24) is 10.2 Å². The molecule has 2 bridgehead atoms. The van der Waals surface area contributed by atoms with Gasteiger partial charge in [0.1, 0.15) is 5.54 Å². The van der Waals surface area contributed by atoms with Crippen LogP contribution in [0.1, 0.15) is 23.6 Å². The van der Waals surface area contributed by atoms with Gasteiger partial charge in [-0.2, -0.15) is 4.90 Å². The lowest BCUT2D eigenvalue weighted by molar-refractivity contribution is -0.147. The van der Waals surface area contributed by atoms with Crippen molar-refractivity contribution in [2.45, 2.75) is 17.9 Å². The topological polar surface area (TPSA) is 110 Å². The number of piperidine rings is 1. The minimum absolute atomic E-state index is 0.344. The van der Waals surface area contributed by atoms with Gasteiger partial charge in [0.15, 0.2) is 0 Å². The number of hydrogen-bond donors (Lipinski definition) is 2. The highest BCUT2D eigenvalue weighted by atomic mass is 16.2. The highest BCUT2D eigenvalue weighted by molar-refractivity contribution is 6.20. The number of primary amides is 1. The van der Waals surface area contributed by atoms with Crippen LogP contribution in [0.3, 0.4) is 0 Å². The van der Waals surface area contributed by atoms with Gasteiger partial charge in [-0.25, -0.2) is 4.79 Å². The lowest BCUT2D eigenvalue weighted by Gasteiger charge is -2.57. The van der Waals surface area contributed by atoms with E-state index in [0.29, 0.717) is 16.0 Å². The number of nitrogens with two attached hydrogens (primary N) is 1. The van der Waals surface area contributed by atoms with Crippen LogP contribution in [0.2, 0.25) is 0 Å². The average molecular weight is 375 g/mol.